The fraction of sp³-hybridized carbons (Fsp3) is 0.417. The number of aromatic nitrogens is 3. The summed E-state index contributed by atoms with van der Waals surface area (Å²) in [6, 6.07) is 4.19. The molecule has 20 heavy (non-hydrogen) atoms. The van der Waals surface area contributed by atoms with Gasteiger partial charge in [0.1, 0.15) is 5.82 Å². The van der Waals surface area contributed by atoms with Crippen LogP contribution in [0.4, 0.5) is 5.00 Å². The predicted molar refractivity (Wildman–Crippen MR) is 82.5 cm³/mol. The van der Waals surface area contributed by atoms with Gasteiger partial charge < -0.3 is 9.64 Å². The molecule has 0 spiro atoms. The SMILES string of the molecule is Cc1n[nH]c(=S)n1/N=C\c1ccc(N2CCOCC2)s1. The molecule has 1 saturated heterocycles. The Kier molecular flexibility index (Phi) is 3.95. The molecule has 0 saturated carbocycles. The van der Waals surface area contributed by atoms with Gasteiger partial charge in [-0.05, 0) is 31.3 Å². The third kappa shape index (κ3) is 2.82. The summed E-state index contributed by atoms with van der Waals surface area (Å²) in [7, 11) is 0. The topological polar surface area (TPSA) is 58.4 Å². The minimum absolute atomic E-state index is 0.503. The maximum atomic E-state index is 5.36. The van der Waals surface area contributed by atoms with E-state index < -0.39 is 0 Å². The highest BCUT2D eigenvalue weighted by Crippen LogP contribution is 2.25. The summed E-state index contributed by atoms with van der Waals surface area (Å²) in [5.41, 5.74) is 0. The lowest BCUT2D eigenvalue weighted by Gasteiger charge is -2.27. The molecule has 3 heterocycles. The lowest BCUT2D eigenvalue weighted by Crippen LogP contribution is -2.35. The van der Waals surface area contributed by atoms with Gasteiger partial charge >= 0.3 is 0 Å². The zero-order chi connectivity index (χ0) is 13.9. The lowest BCUT2D eigenvalue weighted by atomic mass is 10.4. The van der Waals surface area contributed by atoms with Gasteiger partial charge in [0.25, 0.3) is 0 Å². The van der Waals surface area contributed by atoms with Crippen LogP contribution in [0.25, 0.3) is 0 Å². The molecule has 106 valence electrons. The second-order valence-electron chi connectivity index (χ2n) is 4.41. The van der Waals surface area contributed by atoms with Gasteiger partial charge in [-0.2, -0.15) is 14.9 Å². The largest absolute Gasteiger partial charge is 0.378 e. The number of anilines is 1. The highest BCUT2D eigenvalue weighted by molar-refractivity contribution is 7.71. The third-order valence-electron chi connectivity index (χ3n) is 3.05. The molecule has 1 N–H and O–H groups in total. The molecule has 3 rings (SSSR count). The Morgan fingerprint density at radius 3 is 2.95 bits per heavy atom. The smallest absolute Gasteiger partial charge is 0.216 e. The number of hydrogen-bond donors (Lipinski definition) is 1. The molecule has 0 amide bonds. The van der Waals surface area contributed by atoms with Crippen LogP contribution in [0, 0.1) is 11.7 Å². The number of nitrogens with zero attached hydrogens (tertiary/aromatic N) is 4. The number of rotatable bonds is 3. The van der Waals surface area contributed by atoms with Gasteiger partial charge in [0, 0.05) is 18.0 Å². The quantitative estimate of drug-likeness (QED) is 0.696. The molecule has 0 unspecified atom stereocenters. The van der Waals surface area contributed by atoms with Crippen molar-refractivity contribution < 1.29 is 4.74 Å². The summed E-state index contributed by atoms with van der Waals surface area (Å²) in [4.78, 5) is 3.43. The van der Waals surface area contributed by atoms with Crippen LogP contribution in [0.3, 0.4) is 0 Å². The second-order valence-corrected chi connectivity index (χ2v) is 5.89. The second kappa shape index (κ2) is 5.86. The zero-order valence-electron chi connectivity index (χ0n) is 11.1. The van der Waals surface area contributed by atoms with E-state index in [-0.39, 0.29) is 0 Å². The Balaban J connectivity index is 1.75. The van der Waals surface area contributed by atoms with Crippen molar-refractivity contribution in [2.45, 2.75) is 6.92 Å². The minimum atomic E-state index is 0.503. The summed E-state index contributed by atoms with van der Waals surface area (Å²) in [5.74, 6) is 0.746. The summed E-state index contributed by atoms with van der Waals surface area (Å²) in [6.45, 7) is 5.35. The molecular weight excluding hydrogens is 294 g/mol. The predicted octanol–water partition coefficient (Wildman–Crippen LogP) is 2.03. The number of hydrogen-bond acceptors (Lipinski definition) is 6. The van der Waals surface area contributed by atoms with Crippen LogP contribution < -0.4 is 4.90 Å². The number of aromatic amines is 1. The maximum Gasteiger partial charge on any atom is 0.216 e. The molecule has 8 heteroatoms. The summed E-state index contributed by atoms with van der Waals surface area (Å²) in [6.07, 6.45) is 1.81. The van der Waals surface area contributed by atoms with E-state index in [0.29, 0.717) is 4.77 Å². The molecule has 0 radical (unpaired) electrons. The Hall–Kier alpha value is -1.51. The van der Waals surface area contributed by atoms with E-state index in [1.54, 1.807) is 16.0 Å². The maximum absolute atomic E-state index is 5.36. The first-order valence-electron chi connectivity index (χ1n) is 6.35. The van der Waals surface area contributed by atoms with Crippen LogP contribution in [-0.4, -0.2) is 47.4 Å². The molecule has 0 bridgehead atoms. The van der Waals surface area contributed by atoms with E-state index in [1.807, 2.05) is 13.1 Å². The summed E-state index contributed by atoms with van der Waals surface area (Å²) >= 11 is 6.82. The molecule has 1 aliphatic rings. The van der Waals surface area contributed by atoms with E-state index in [2.05, 4.69) is 32.3 Å². The number of thiophene rings is 1. The van der Waals surface area contributed by atoms with Crippen molar-refractivity contribution in [1.82, 2.24) is 14.9 Å². The lowest BCUT2D eigenvalue weighted by molar-refractivity contribution is 0.123. The number of H-pyrrole nitrogens is 1. The van der Waals surface area contributed by atoms with Crippen molar-refractivity contribution in [1.29, 1.82) is 0 Å². The molecule has 0 atom stereocenters. The Bertz CT molecular complexity index is 665. The van der Waals surface area contributed by atoms with Crippen LogP contribution in [0.2, 0.25) is 0 Å². The van der Waals surface area contributed by atoms with E-state index >= 15 is 0 Å². The zero-order valence-corrected chi connectivity index (χ0v) is 12.7. The van der Waals surface area contributed by atoms with Crippen molar-refractivity contribution >= 4 is 34.8 Å². The molecule has 1 aliphatic heterocycles. The molecule has 6 nitrogen and oxygen atoms in total. The first-order chi connectivity index (χ1) is 9.74. The molecule has 2 aromatic rings. The fourth-order valence-electron chi connectivity index (χ4n) is 1.99. The molecular formula is C12H15N5OS2. The number of morpholine rings is 1. The highest BCUT2D eigenvalue weighted by Gasteiger charge is 2.12. The Morgan fingerprint density at radius 2 is 2.25 bits per heavy atom. The van der Waals surface area contributed by atoms with E-state index in [0.717, 1.165) is 37.0 Å². The monoisotopic (exact) mass is 309 g/mol. The first kappa shape index (κ1) is 13.5. The van der Waals surface area contributed by atoms with Crippen LogP contribution in [0.1, 0.15) is 10.7 Å². The normalized spacial score (nSPS) is 16.1. The average Bonchev–Trinajstić information content (AvgIpc) is 3.06. The average molecular weight is 309 g/mol. The van der Waals surface area contributed by atoms with Gasteiger partial charge in [-0.15, -0.1) is 11.3 Å². The van der Waals surface area contributed by atoms with Crippen LogP contribution in [0.5, 0.6) is 0 Å². The molecule has 1 fully saturated rings. The van der Waals surface area contributed by atoms with E-state index in [1.165, 1.54) is 5.00 Å². The van der Waals surface area contributed by atoms with Gasteiger partial charge in [-0.1, -0.05) is 0 Å². The minimum Gasteiger partial charge on any atom is -0.378 e. The first-order valence-corrected chi connectivity index (χ1v) is 7.57. The van der Waals surface area contributed by atoms with Crippen molar-refractivity contribution in [3.05, 3.63) is 27.6 Å². The molecule has 0 aliphatic carbocycles. The van der Waals surface area contributed by atoms with Gasteiger partial charge in [0.15, 0.2) is 0 Å². The third-order valence-corrected chi connectivity index (χ3v) is 4.39. The van der Waals surface area contributed by atoms with Crippen LogP contribution in [0.15, 0.2) is 17.2 Å². The molecule has 2 aromatic heterocycles. The van der Waals surface area contributed by atoms with Gasteiger partial charge in [-0.25, -0.2) is 0 Å². The fourth-order valence-corrected chi connectivity index (χ4v) is 3.14. The van der Waals surface area contributed by atoms with E-state index in [9.17, 15) is 0 Å². The summed E-state index contributed by atoms with van der Waals surface area (Å²) < 4.78 is 7.48. The number of ether oxygens (including phenoxy) is 1. The highest BCUT2D eigenvalue weighted by atomic mass is 32.1. The Labute approximate surface area is 125 Å². The summed E-state index contributed by atoms with van der Waals surface area (Å²) in [5, 5.41) is 12.3. The Morgan fingerprint density at radius 1 is 1.45 bits per heavy atom. The number of nitrogens with one attached hydrogen (secondary N) is 1. The van der Waals surface area contributed by atoms with Crippen molar-refractivity contribution in [3.63, 3.8) is 0 Å². The van der Waals surface area contributed by atoms with Crippen molar-refractivity contribution in [2.24, 2.45) is 5.10 Å². The van der Waals surface area contributed by atoms with Crippen molar-refractivity contribution in [3.8, 4) is 0 Å². The molecule has 0 aromatic carbocycles. The standard InChI is InChI=1S/C12H15N5OS2/c1-9-14-15-12(19)17(9)13-8-10-2-3-11(20-10)16-4-6-18-7-5-16/h2-3,8H,4-7H2,1H3,(H,15,19)/b13-8-. The number of aryl methyl sites for hydroxylation is 1. The van der Waals surface area contributed by atoms with Gasteiger partial charge in [0.05, 0.1) is 24.4 Å². The van der Waals surface area contributed by atoms with E-state index in [4.69, 9.17) is 17.0 Å². The van der Waals surface area contributed by atoms with Gasteiger partial charge in [-0.3, -0.25) is 5.10 Å². The van der Waals surface area contributed by atoms with Gasteiger partial charge in [0.2, 0.25) is 4.77 Å². The van der Waals surface area contributed by atoms with Crippen molar-refractivity contribution in [2.75, 3.05) is 31.2 Å². The van der Waals surface area contributed by atoms with Crippen LogP contribution in [-0.2, 0) is 4.74 Å². The van der Waals surface area contributed by atoms with Crippen LogP contribution >= 0.6 is 23.6 Å².